The van der Waals surface area contributed by atoms with E-state index in [-0.39, 0.29) is 6.10 Å². The maximum atomic E-state index is 5.94. The molecule has 1 aromatic carbocycles. The number of nitrogens with zero attached hydrogens (tertiary/aromatic N) is 1. The minimum atomic E-state index is 0.167. The first-order valence-electron chi connectivity index (χ1n) is 7.98. The fourth-order valence-electron chi connectivity index (χ4n) is 2.72. The van der Waals surface area contributed by atoms with Gasteiger partial charge in [0.1, 0.15) is 11.9 Å². The van der Waals surface area contributed by atoms with E-state index >= 15 is 0 Å². The number of fused-ring (bicyclic) bond motifs is 1. The summed E-state index contributed by atoms with van der Waals surface area (Å²) in [7, 11) is 1.80. The van der Waals surface area contributed by atoms with Crippen molar-refractivity contribution < 1.29 is 4.74 Å². The second-order valence-corrected chi connectivity index (χ2v) is 6.78. The lowest BCUT2D eigenvalue weighted by Crippen LogP contribution is -2.43. The van der Waals surface area contributed by atoms with Gasteiger partial charge in [-0.15, -0.1) is 11.3 Å². The Balaban J connectivity index is 1.44. The third kappa shape index (κ3) is 4.05. The molecule has 2 unspecified atom stereocenters. The van der Waals surface area contributed by atoms with Crippen LogP contribution < -0.4 is 15.4 Å². The van der Waals surface area contributed by atoms with Crippen LogP contribution in [0.2, 0.25) is 0 Å². The molecule has 0 aliphatic carbocycles. The highest BCUT2D eigenvalue weighted by Crippen LogP contribution is 2.27. The average Bonchev–Trinajstić information content (AvgIpc) is 3.24. The summed E-state index contributed by atoms with van der Waals surface area (Å²) >= 11 is 1.80. The van der Waals surface area contributed by atoms with Crippen molar-refractivity contribution in [1.29, 1.82) is 0 Å². The summed E-state index contributed by atoms with van der Waals surface area (Å²) in [6.07, 6.45) is 1.12. The lowest BCUT2D eigenvalue weighted by atomic mass is 10.1. The Kier molecular flexibility index (Phi) is 5.18. The third-order valence-corrected chi connectivity index (χ3v) is 5.14. The van der Waals surface area contributed by atoms with E-state index < -0.39 is 0 Å². The second-order valence-electron chi connectivity index (χ2n) is 5.80. The molecule has 2 N–H and O–H groups in total. The number of guanidine groups is 1. The number of hydrogen-bond acceptors (Lipinski definition) is 3. The number of benzene rings is 1. The molecule has 2 aromatic rings. The minimum absolute atomic E-state index is 0.167. The SMILES string of the molecule is CN=C(NCC1Cc2ccccc2O1)NCC(C)c1cccs1. The van der Waals surface area contributed by atoms with Crippen LogP contribution in [0.25, 0.3) is 0 Å². The number of nitrogens with one attached hydrogen (secondary N) is 2. The molecule has 2 atom stereocenters. The molecule has 23 heavy (non-hydrogen) atoms. The highest BCUT2D eigenvalue weighted by molar-refractivity contribution is 7.10. The molecule has 122 valence electrons. The van der Waals surface area contributed by atoms with Crippen molar-refractivity contribution in [3.63, 3.8) is 0 Å². The maximum Gasteiger partial charge on any atom is 0.191 e. The summed E-state index contributed by atoms with van der Waals surface area (Å²) in [5.41, 5.74) is 1.29. The summed E-state index contributed by atoms with van der Waals surface area (Å²) < 4.78 is 5.94. The normalized spacial score (nSPS) is 18.2. The molecule has 4 nitrogen and oxygen atoms in total. The van der Waals surface area contributed by atoms with Crippen molar-refractivity contribution in [3.05, 3.63) is 52.2 Å². The molecule has 5 heteroatoms. The van der Waals surface area contributed by atoms with Crippen molar-refractivity contribution in [1.82, 2.24) is 10.6 Å². The van der Waals surface area contributed by atoms with Crippen LogP contribution in [0.1, 0.15) is 23.3 Å². The van der Waals surface area contributed by atoms with Gasteiger partial charge in [-0.2, -0.15) is 0 Å². The van der Waals surface area contributed by atoms with E-state index in [1.807, 2.05) is 12.1 Å². The van der Waals surface area contributed by atoms with Crippen LogP contribution in [-0.2, 0) is 6.42 Å². The number of hydrogen-bond donors (Lipinski definition) is 2. The van der Waals surface area contributed by atoms with Gasteiger partial charge in [0, 0.05) is 30.8 Å². The highest BCUT2D eigenvalue weighted by atomic mass is 32.1. The highest BCUT2D eigenvalue weighted by Gasteiger charge is 2.22. The largest absolute Gasteiger partial charge is 0.488 e. The summed E-state index contributed by atoms with van der Waals surface area (Å²) in [6, 6.07) is 12.5. The smallest absolute Gasteiger partial charge is 0.191 e. The Morgan fingerprint density at radius 3 is 2.91 bits per heavy atom. The predicted molar refractivity (Wildman–Crippen MR) is 96.7 cm³/mol. The summed E-state index contributed by atoms with van der Waals surface area (Å²) in [5.74, 6) is 2.31. The van der Waals surface area contributed by atoms with Gasteiger partial charge in [0.25, 0.3) is 0 Å². The number of thiophene rings is 1. The molecular weight excluding hydrogens is 306 g/mol. The third-order valence-electron chi connectivity index (χ3n) is 4.04. The number of rotatable bonds is 5. The van der Waals surface area contributed by atoms with Crippen LogP contribution in [-0.4, -0.2) is 32.2 Å². The van der Waals surface area contributed by atoms with Crippen LogP contribution in [0.3, 0.4) is 0 Å². The number of ether oxygens (including phenoxy) is 1. The van der Waals surface area contributed by atoms with E-state index in [1.54, 1.807) is 18.4 Å². The van der Waals surface area contributed by atoms with Gasteiger partial charge < -0.3 is 15.4 Å². The average molecular weight is 329 g/mol. The van der Waals surface area contributed by atoms with Gasteiger partial charge in [0.05, 0.1) is 6.54 Å². The Bertz CT molecular complexity index is 629. The van der Waals surface area contributed by atoms with Gasteiger partial charge in [0.15, 0.2) is 5.96 Å². The zero-order valence-electron chi connectivity index (χ0n) is 13.6. The fourth-order valence-corrected chi connectivity index (χ4v) is 3.51. The van der Waals surface area contributed by atoms with Crippen molar-refractivity contribution in [3.8, 4) is 5.75 Å². The lowest BCUT2D eigenvalue weighted by molar-refractivity contribution is 0.235. The Morgan fingerprint density at radius 2 is 2.17 bits per heavy atom. The number of para-hydroxylation sites is 1. The molecule has 1 aromatic heterocycles. The quantitative estimate of drug-likeness (QED) is 0.655. The monoisotopic (exact) mass is 329 g/mol. The summed E-state index contributed by atoms with van der Waals surface area (Å²) in [6.45, 7) is 3.84. The van der Waals surface area contributed by atoms with Crippen molar-refractivity contribution >= 4 is 17.3 Å². The van der Waals surface area contributed by atoms with E-state index in [2.05, 4.69) is 52.2 Å². The molecule has 0 radical (unpaired) electrons. The molecule has 2 heterocycles. The van der Waals surface area contributed by atoms with Crippen LogP contribution in [0.4, 0.5) is 0 Å². The Labute approximate surface area is 141 Å². The van der Waals surface area contributed by atoms with Crippen molar-refractivity contribution in [2.45, 2.75) is 25.4 Å². The molecule has 0 saturated heterocycles. The lowest BCUT2D eigenvalue weighted by Gasteiger charge is -2.17. The minimum Gasteiger partial charge on any atom is -0.488 e. The maximum absolute atomic E-state index is 5.94. The molecule has 0 fully saturated rings. The molecule has 0 amide bonds. The number of aliphatic imine (C=N–C) groups is 1. The van der Waals surface area contributed by atoms with E-state index in [0.29, 0.717) is 5.92 Å². The topological polar surface area (TPSA) is 45.7 Å². The molecule has 0 saturated carbocycles. The van der Waals surface area contributed by atoms with Gasteiger partial charge in [-0.1, -0.05) is 31.2 Å². The predicted octanol–water partition coefficient (Wildman–Crippen LogP) is 3.02. The van der Waals surface area contributed by atoms with E-state index in [1.165, 1.54) is 10.4 Å². The van der Waals surface area contributed by atoms with Gasteiger partial charge >= 0.3 is 0 Å². The zero-order chi connectivity index (χ0) is 16.1. The molecule has 0 spiro atoms. The molecule has 1 aliphatic heterocycles. The molecule has 0 bridgehead atoms. The second kappa shape index (κ2) is 7.51. The van der Waals surface area contributed by atoms with Crippen LogP contribution in [0.5, 0.6) is 5.75 Å². The standard InChI is InChI=1S/C18H23N3OS/c1-13(17-8-5-9-23-17)11-20-18(19-2)21-12-15-10-14-6-3-4-7-16(14)22-15/h3-9,13,15H,10-12H2,1-2H3,(H2,19,20,21). The van der Waals surface area contributed by atoms with Gasteiger partial charge in [-0.3, -0.25) is 4.99 Å². The van der Waals surface area contributed by atoms with Gasteiger partial charge in [0.2, 0.25) is 0 Å². The first-order chi connectivity index (χ1) is 11.3. The first-order valence-corrected chi connectivity index (χ1v) is 8.86. The van der Waals surface area contributed by atoms with Gasteiger partial charge in [-0.05, 0) is 23.1 Å². The van der Waals surface area contributed by atoms with E-state index in [0.717, 1.165) is 31.2 Å². The van der Waals surface area contributed by atoms with Crippen LogP contribution in [0.15, 0.2) is 46.8 Å². The van der Waals surface area contributed by atoms with E-state index in [9.17, 15) is 0 Å². The summed E-state index contributed by atoms with van der Waals surface area (Å²) in [5, 5.41) is 8.88. The van der Waals surface area contributed by atoms with Crippen molar-refractivity contribution in [2.75, 3.05) is 20.1 Å². The molecule has 1 aliphatic rings. The molecular formula is C18H23N3OS. The Morgan fingerprint density at radius 1 is 1.30 bits per heavy atom. The Hall–Kier alpha value is -2.01. The summed E-state index contributed by atoms with van der Waals surface area (Å²) in [4.78, 5) is 5.68. The zero-order valence-corrected chi connectivity index (χ0v) is 14.4. The van der Waals surface area contributed by atoms with Crippen LogP contribution in [0, 0.1) is 0 Å². The van der Waals surface area contributed by atoms with Crippen molar-refractivity contribution in [2.24, 2.45) is 4.99 Å². The van der Waals surface area contributed by atoms with Gasteiger partial charge in [-0.25, -0.2) is 0 Å². The first kappa shape index (κ1) is 15.9. The van der Waals surface area contributed by atoms with E-state index in [4.69, 9.17) is 4.74 Å². The molecule has 3 rings (SSSR count). The van der Waals surface area contributed by atoms with Crippen LogP contribution >= 0.6 is 11.3 Å². The fraction of sp³-hybridized carbons (Fsp3) is 0.389.